The average Bonchev–Trinajstić information content (AvgIpc) is 2.92. The van der Waals surface area contributed by atoms with E-state index in [0.717, 1.165) is 36.0 Å². The van der Waals surface area contributed by atoms with E-state index in [-0.39, 0.29) is 0 Å². The summed E-state index contributed by atoms with van der Waals surface area (Å²) in [5.74, 6) is 1.87. The summed E-state index contributed by atoms with van der Waals surface area (Å²) in [6.45, 7) is 0.834. The van der Waals surface area contributed by atoms with Gasteiger partial charge in [0.2, 0.25) is 6.39 Å². The molecule has 2 aromatic rings. The number of hydrogen-bond donors (Lipinski definition) is 1. The Labute approximate surface area is 120 Å². The largest absolute Gasteiger partial charge is 0.343 e. The van der Waals surface area contributed by atoms with Gasteiger partial charge in [0.25, 0.3) is 0 Å². The molecule has 0 fully saturated rings. The molecule has 6 heteroatoms. The van der Waals surface area contributed by atoms with Crippen LogP contribution in [0.4, 0.5) is 0 Å². The average molecular weight is 296 g/mol. The molecule has 1 aromatic carbocycles. The summed E-state index contributed by atoms with van der Waals surface area (Å²) in [7, 11) is 0. The minimum atomic E-state index is 0.363. The standard InChI is InChI=1S/C13H14ClN3OS/c14-9-1-2-12-10(7-9)11(4-6-19-12)15-5-3-13-16-8-18-17-13/h1-2,7-8,11,15H,3-6H2. The summed E-state index contributed by atoms with van der Waals surface area (Å²) in [6.07, 6.45) is 3.25. The van der Waals surface area contributed by atoms with Gasteiger partial charge in [0, 0.05) is 28.9 Å². The lowest BCUT2D eigenvalue weighted by Gasteiger charge is -2.26. The van der Waals surface area contributed by atoms with Crippen molar-refractivity contribution in [2.75, 3.05) is 12.3 Å². The summed E-state index contributed by atoms with van der Waals surface area (Å²) in [5.41, 5.74) is 1.30. The number of halogens is 1. The van der Waals surface area contributed by atoms with Crippen molar-refractivity contribution in [2.24, 2.45) is 0 Å². The third-order valence-electron chi connectivity index (χ3n) is 3.16. The van der Waals surface area contributed by atoms with Gasteiger partial charge in [0.15, 0.2) is 5.82 Å². The molecule has 0 aliphatic carbocycles. The minimum absolute atomic E-state index is 0.363. The summed E-state index contributed by atoms with van der Waals surface area (Å²) in [5, 5.41) is 8.15. The Bertz CT molecular complexity index is 547. The predicted octanol–water partition coefficient (Wildman–Crippen LogP) is 3.09. The van der Waals surface area contributed by atoms with E-state index in [9.17, 15) is 0 Å². The van der Waals surface area contributed by atoms with Crippen LogP contribution >= 0.6 is 23.4 Å². The van der Waals surface area contributed by atoms with Crippen LogP contribution in [0.3, 0.4) is 0 Å². The lowest BCUT2D eigenvalue weighted by atomic mass is 10.0. The Morgan fingerprint density at radius 2 is 2.42 bits per heavy atom. The zero-order chi connectivity index (χ0) is 13.1. The fourth-order valence-corrected chi connectivity index (χ4v) is 3.52. The number of rotatable bonds is 4. The number of benzene rings is 1. The van der Waals surface area contributed by atoms with Crippen molar-refractivity contribution in [1.82, 2.24) is 15.5 Å². The molecule has 1 aliphatic heterocycles. The summed E-state index contributed by atoms with van der Waals surface area (Å²) < 4.78 is 4.72. The van der Waals surface area contributed by atoms with Crippen molar-refractivity contribution in [3.63, 3.8) is 0 Å². The maximum Gasteiger partial charge on any atom is 0.213 e. The number of aromatic nitrogens is 2. The molecule has 1 aliphatic rings. The van der Waals surface area contributed by atoms with Crippen LogP contribution in [0.5, 0.6) is 0 Å². The Kier molecular flexibility index (Phi) is 4.06. The summed E-state index contributed by atoms with van der Waals surface area (Å²) in [6, 6.07) is 6.49. The smallest absolute Gasteiger partial charge is 0.213 e. The summed E-state index contributed by atoms with van der Waals surface area (Å²) >= 11 is 7.98. The van der Waals surface area contributed by atoms with Crippen LogP contribution in [-0.4, -0.2) is 22.4 Å². The molecule has 0 spiro atoms. The third kappa shape index (κ3) is 3.11. The van der Waals surface area contributed by atoms with Crippen LogP contribution in [0.15, 0.2) is 34.0 Å². The molecular weight excluding hydrogens is 282 g/mol. The van der Waals surface area contributed by atoms with Crippen molar-refractivity contribution in [3.8, 4) is 0 Å². The number of nitrogens with one attached hydrogen (secondary N) is 1. The monoisotopic (exact) mass is 295 g/mol. The Balaban J connectivity index is 1.64. The molecular formula is C13H14ClN3OS. The second-order valence-electron chi connectivity index (χ2n) is 4.42. The molecule has 100 valence electrons. The van der Waals surface area contributed by atoms with Gasteiger partial charge in [-0.05, 0) is 35.9 Å². The first-order valence-electron chi connectivity index (χ1n) is 6.24. The maximum atomic E-state index is 6.09. The second-order valence-corrected chi connectivity index (χ2v) is 6.00. The SMILES string of the molecule is Clc1ccc2c(c1)C(NCCc1ncon1)CCS2. The van der Waals surface area contributed by atoms with Crippen molar-refractivity contribution >= 4 is 23.4 Å². The quantitative estimate of drug-likeness (QED) is 0.939. The van der Waals surface area contributed by atoms with Gasteiger partial charge in [0.05, 0.1) is 0 Å². The Hall–Kier alpha value is -1.04. The Morgan fingerprint density at radius 1 is 1.47 bits per heavy atom. The lowest BCUT2D eigenvalue weighted by molar-refractivity contribution is 0.407. The molecule has 0 bridgehead atoms. The topological polar surface area (TPSA) is 51.0 Å². The highest BCUT2D eigenvalue weighted by Gasteiger charge is 2.20. The van der Waals surface area contributed by atoms with Crippen LogP contribution in [-0.2, 0) is 6.42 Å². The predicted molar refractivity (Wildman–Crippen MR) is 75.5 cm³/mol. The maximum absolute atomic E-state index is 6.09. The molecule has 19 heavy (non-hydrogen) atoms. The Morgan fingerprint density at radius 3 is 3.26 bits per heavy atom. The second kappa shape index (κ2) is 5.94. The first-order chi connectivity index (χ1) is 9.33. The van der Waals surface area contributed by atoms with Gasteiger partial charge in [-0.25, -0.2) is 0 Å². The van der Waals surface area contributed by atoms with Crippen molar-refractivity contribution < 1.29 is 4.52 Å². The lowest BCUT2D eigenvalue weighted by Crippen LogP contribution is -2.26. The zero-order valence-corrected chi connectivity index (χ0v) is 11.9. The van der Waals surface area contributed by atoms with Gasteiger partial charge in [-0.1, -0.05) is 16.8 Å². The molecule has 0 amide bonds. The number of nitrogens with zero attached hydrogens (tertiary/aromatic N) is 2. The van der Waals surface area contributed by atoms with Gasteiger partial charge in [-0.3, -0.25) is 0 Å². The molecule has 0 radical (unpaired) electrons. The van der Waals surface area contributed by atoms with E-state index in [2.05, 4.69) is 27.6 Å². The van der Waals surface area contributed by atoms with Gasteiger partial charge >= 0.3 is 0 Å². The molecule has 1 unspecified atom stereocenters. The van der Waals surface area contributed by atoms with Gasteiger partial charge in [-0.15, -0.1) is 11.8 Å². The molecule has 2 heterocycles. The van der Waals surface area contributed by atoms with Crippen LogP contribution in [0, 0.1) is 0 Å². The first kappa shape index (κ1) is 13.0. The van der Waals surface area contributed by atoms with E-state index >= 15 is 0 Å². The van der Waals surface area contributed by atoms with Crippen LogP contribution in [0.1, 0.15) is 23.9 Å². The van der Waals surface area contributed by atoms with Crippen LogP contribution in [0.2, 0.25) is 5.02 Å². The zero-order valence-electron chi connectivity index (χ0n) is 10.3. The number of fused-ring (bicyclic) bond motifs is 1. The highest BCUT2D eigenvalue weighted by atomic mass is 35.5. The normalized spacial score (nSPS) is 18.3. The van der Waals surface area contributed by atoms with Gasteiger partial charge in [0.1, 0.15) is 0 Å². The van der Waals surface area contributed by atoms with E-state index in [1.54, 1.807) is 0 Å². The molecule has 0 saturated heterocycles. The van der Waals surface area contributed by atoms with Crippen molar-refractivity contribution in [1.29, 1.82) is 0 Å². The van der Waals surface area contributed by atoms with E-state index in [1.165, 1.54) is 16.9 Å². The van der Waals surface area contributed by atoms with Crippen LogP contribution in [0.25, 0.3) is 0 Å². The van der Waals surface area contributed by atoms with E-state index in [4.69, 9.17) is 16.1 Å². The van der Waals surface area contributed by atoms with E-state index in [1.807, 2.05) is 17.8 Å². The van der Waals surface area contributed by atoms with Gasteiger partial charge in [-0.2, -0.15) is 4.98 Å². The number of hydrogen-bond acceptors (Lipinski definition) is 5. The molecule has 4 nitrogen and oxygen atoms in total. The van der Waals surface area contributed by atoms with Crippen molar-refractivity contribution in [3.05, 3.63) is 41.0 Å². The highest BCUT2D eigenvalue weighted by molar-refractivity contribution is 7.99. The molecule has 1 aromatic heterocycles. The van der Waals surface area contributed by atoms with E-state index < -0.39 is 0 Å². The summed E-state index contributed by atoms with van der Waals surface area (Å²) in [4.78, 5) is 5.34. The fraction of sp³-hybridized carbons (Fsp3) is 0.385. The molecule has 1 N–H and O–H groups in total. The van der Waals surface area contributed by atoms with Crippen molar-refractivity contribution in [2.45, 2.75) is 23.8 Å². The molecule has 1 atom stereocenters. The highest BCUT2D eigenvalue weighted by Crippen LogP contribution is 2.37. The fourth-order valence-electron chi connectivity index (χ4n) is 2.24. The molecule has 3 rings (SSSR count). The first-order valence-corrected chi connectivity index (χ1v) is 7.60. The molecule has 0 saturated carbocycles. The van der Waals surface area contributed by atoms with Gasteiger partial charge < -0.3 is 9.84 Å². The van der Waals surface area contributed by atoms with Crippen LogP contribution < -0.4 is 5.32 Å². The minimum Gasteiger partial charge on any atom is -0.343 e. The third-order valence-corrected chi connectivity index (χ3v) is 4.52. The van der Waals surface area contributed by atoms with E-state index in [0.29, 0.717) is 6.04 Å². The number of thioether (sulfide) groups is 1.